The van der Waals surface area contributed by atoms with E-state index in [0.717, 1.165) is 31.8 Å². The summed E-state index contributed by atoms with van der Waals surface area (Å²) in [6.07, 6.45) is 4.14. The third-order valence-corrected chi connectivity index (χ3v) is 3.17. The van der Waals surface area contributed by atoms with E-state index in [0.29, 0.717) is 0 Å². The molecule has 0 aliphatic carbocycles. The van der Waals surface area contributed by atoms with Crippen molar-refractivity contribution in [3.05, 3.63) is 29.6 Å². The number of ether oxygens (including phenoxy) is 1. The first-order valence-corrected chi connectivity index (χ1v) is 5.20. The second-order valence-corrected chi connectivity index (χ2v) is 4.07. The van der Waals surface area contributed by atoms with E-state index in [-0.39, 0.29) is 30.4 Å². The summed E-state index contributed by atoms with van der Waals surface area (Å²) >= 11 is 0. The van der Waals surface area contributed by atoms with Gasteiger partial charge in [-0.2, -0.15) is 0 Å². The summed E-state index contributed by atoms with van der Waals surface area (Å²) in [5.41, 5.74) is 2.30. The fraction of sp³-hybridized carbons (Fsp3) is 0.545. The van der Waals surface area contributed by atoms with Crippen molar-refractivity contribution in [3.8, 4) is 0 Å². The number of hydrogen-bond acceptors (Lipinski definition) is 3. The van der Waals surface area contributed by atoms with Crippen LogP contribution in [0.25, 0.3) is 0 Å². The van der Waals surface area contributed by atoms with Crippen LogP contribution in [0.1, 0.15) is 24.1 Å². The van der Waals surface area contributed by atoms with Crippen LogP contribution in [0, 0.1) is 0 Å². The van der Waals surface area contributed by atoms with E-state index in [9.17, 15) is 0 Å². The Bertz CT molecular complexity index is 348. The van der Waals surface area contributed by atoms with Crippen LogP contribution in [0.15, 0.2) is 18.3 Å². The van der Waals surface area contributed by atoms with Gasteiger partial charge in [-0.3, -0.25) is 4.98 Å². The van der Waals surface area contributed by atoms with E-state index in [4.69, 9.17) is 4.74 Å². The quantitative estimate of drug-likeness (QED) is 0.777. The normalized spacial score (nSPS) is 26.8. The number of halogens is 2. The highest BCUT2D eigenvalue weighted by Crippen LogP contribution is 2.39. The third kappa shape index (κ3) is 2.05. The molecule has 1 fully saturated rings. The molecule has 5 heteroatoms. The van der Waals surface area contributed by atoms with E-state index >= 15 is 0 Å². The van der Waals surface area contributed by atoms with Crippen LogP contribution in [0.5, 0.6) is 0 Å². The van der Waals surface area contributed by atoms with Crippen LogP contribution < -0.4 is 5.32 Å². The number of fused-ring (bicyclic) bond motifs is 2. The molecular formula is C11H16Cl2N2O. The highest BCUT2D eigenvalue weighted by atomic mass is 35.5. The lowest BCUT2D eigenvalue weighted by atomic mass is 9.90. The minimum absolute atomic E-state index is 0. The van der Waals surface area contributed by atoms with Crippen molar-refractivity contribution in [1.82, 2.24) is 10.3 Å². The molecule has 1 atom stereocenters. The van der Waals surface area contributed by atoms with Crippen molar-refractivity contribution in [3.63, 3.8) is 0 Å². The number of piperidine rings is 1. The minimum Gasteiger partial charge on any atom is -0.363 e. The van der Waals surface area contributed by atoms with Gasteiger partial charge in [-0.1, -0.05) is 6.07 Å². The average molecular weight is 263 g/mol. The minimum atomic E-state index is -0.116. The van der Waals surface area contributed by atoms with Gasteiger partial charge in [0.25, 0.3) is 0 Å². The summed E-state index contributed by atoms with van der Waals surface area (Å²) in [5, 5.41) is 3.39. The maximum Gasteiger partial charge on any atom is 0.123 e. The van der Waals surface area contributed by atoms with Gasteiger partial charge in [-0.15, -0.1) is 24.8 Å². The van der Waals surface area contributed by atoms with Gasteiger partial charge in [0.1, 0.15) is 5.60 Å². The molecule has 3 rings (SSSR count). The van der Waals surface area contributed by atoms with Gasteiger partial charge in [0, 0.05) is 18.3 Å². The molecule has 0 amide bonds. The van der Waals surface area contributed by atoms with Crippen LogP contribution in [0.2, 0.25) is 0 Å². The standard InChI is InChI=1S/C11H14N2O.2ClH/c1-3-9-7-14-11(10(9)13-6-1)4-2-5-12-8-11;;/h1,3,6,12H,2,4-5,7-8H2;2*1H. The molecule has 0 radical (unpaired) electrons. The molecular weight excluding hydrogens is 247 g/mol. The molecule has 0 saturated carbocycles. The summed E-state index contributed by atoms with van der Waals surface area (Å²) in [7, 11) is 0. The molecule has 1 aromatic rings. The zero-order valence-electron chi connectivity index (χ0n) is 8.94. The zero-order chi connectivity index (χ0) is 9.43. The maximum atomic E-state index is 5.93. The molecule has 3 nitrogen and oxygen atoms in total. The Morgan fingerprint density at radius 2 is 2.25 bits per heavy atom. The largest absolute Gasteiger partial charge is 0.363 e. The molecule has 2 aliphatic rings. The number of pyridine rings is 1. The lowest BCUT2D eigenvalue weighted by Gasteiger charge is -2.32. The SMILES string of the molecule is Cl.Cl.c1cnc2c(c1)COC21CCCNC1. The van der Waals surface area contributed by atoms with Gasteiger partial charge in [-0.25, -0.2) is 0 Å². The number of nitrogens with one attached hydrogen (secondary N) is 1. The number of nitrogens with zero attached hydrogens (tertiary/aromatic N) is 1. The molecule has 1 spiro atoms. The first-order chi connectivity index (χ1) is 6.91. The summed E-state index contributed by atoms with van der Waals surface area (Å²) in [6.45, 7) is 2.75. The van der Waals surface area contributed by atoms with Crippen LogP contribution in [0.4, 0.5) is 0 Å². The zero-order valence-corrected chi connectivity index (χ0v) is 10.6. The van der Waals surface area contributed by atoms with Crippen LogP contribution >= 0.6 is 24.8 Å². The summed E-state index contributed by atoms with van der Waals surface area (Å²) < 4.78 is 5.93. The Balaban J connectivity index is 0.000000640. The van der Waals surface area contributed by atoms with Gasteiger partial charge in [-0.05, 0) is 25.5 Å². The first kappa shape index (κ1) is 13.7. The van der Waals surface area contributed by atoms with Gasteiger partial charge < -0.3 is 10.1 Å². The second-order valence-electron chi connectivity index (χ2n) is 4.07. The average Bonchev–Trinajstić information content (AvgIpc) is 2.60. The Labute approximate surface area is 108 Å². The van der Waals surface area contributed by atoms with E-state index in [1.807, 2.05) is 12.3 Å². The predicted molar refractivity (Wildman–Crippen MR) is 67.3 cm³/mol. The molecule has 16 heavy (non-hydrogen) atoms. The fourth-order valence-electron chi connectivity index (χ4n) is 2.45. The molecule has 1 unspecified atom stereocenters. The van der Waals surface area contributed by atoms with Crippen LogP contribution in [-0.2, 0) is 16.9 Å². The van der Waals surface area contributed by atoms with Gasteiger partial charge >= 0.3 is 0 Å². The lowest BCUT2D eigenvalue weighted by Crippen LogP contribution is -2.43. The molecule has 90 valence electrons. The molecule has 2 aliphatic heterocycles. The molecule has 3 heterocycles. The summed E-state index contributed by atoms with van der Waals surface area (Å²) in [5.74, 6) is 0. The van der Waals surface area contributed by atoms with E-state index in [1.54, 1.807) is 0 Å². The predicted octanol–water partition coefficient (Wildman–Crippen LogP) is 2.03. The highest BCUT2D eigenvalue weighted by Gasteiger charge is 2.42. The molecule has 0 bridgehead atoms. The number of aromatic nitrogens is 1. The molecule has 0 aromatic carbocycles. The van der Waals surface area contributed by atoms with Crippen molar-refractivity contribution >= 4 is 24.8 Å². The lowest BCUT2D eigenvalue weighted by molar-refractivity contribution is -0.0557. The fourth-order valence-corrected chi connectivity index (χ4v) is 2.45. The van der Waals surface area contributed by atoms with Crippen LogP contribution in [-0.4, -0.2) is 18.1 Å². The topological polar surface area (TPSA) is 34.1 Å². The highest BCUT2D eigenvalue weighted by molar-refractivity contribution is 5.85. The second kappa shape index (κ2) is 5.32. The number of hydrogen-bond donors (Lipinski definition) is 1. The van der Waals surface area contributed by atoms with E-state index in [2.05, 4.69) is 16.4 Å². The van der Waals surface area contributed by atoms with Crippen LogP contribution in [0.3, 0.4) is 0 Å². The van der Waals surface area contributed by atoms with Crippen molar-refractivity contribution in [1.29, 1.82) is 0 Å². The van der Waals surface area contributed by atoms with E-state index in [1.165, 1.54) is 12.0 Å². The van der Waals surface area contributed by atoms with Crippen molar-refractivity contribution in [2.24, 2.45) is 0 Å². The van der Waals surface area contributed by atoms with Gasteiger partial charge in [0.15, 0.2) is 0 Å². The van der Waals surface area contributed by atoms with Crippen molar-refractivity contribution in [2.45, 2.75) is 25.0 Å². The maximum absolute atomic E-state index is 5.93. The van der Waals surface area contributed by atoms with Crippen molar-refractivity contribution in [2.75, 3.05) is 13.1 Å². The van der Waals surface area contributed by atoms with E-state index < -0.39 is 0 Å². The molecule has 1 N–H and O–H groups in total. The van der Waals surface area contributed by atoms with Gasteiger partial charge in [0.2, 0.25) is 0 Å². The summed E-state index contributed by atoms with van der Waals surface area (Å²) in [6, 6.07) is 4.10. The first-order valence-electron chi connectivity index (χ1n) is 5.20. The Morgan fingerprint density at radius 3 is 3.00 bits per heavy atom. The molecule has 1 saturated heterocycles. The number of rotatable bonds is 0. The van der Waals surface area contributed by atoms with Gasteiger partial charge in [0.05, 0.1) is 12.3 Å². The Kier molecular flexibility index (Phi) is 4.56. The molecule has 1 aromatic heterocycles. The third-order valence-electron chi connectivity index (χ3n) is 3.17. The smallest absolute Gasteiger partial charge is 0.123 e. The summed E-state index contributed by atoms with van der Waals surface area (Å²) in [4.78, 5) is 4.47. The monoisotopic (exact) mass is 262 g/mol. The van der Waals surface area contributed by atoms with Crippen molar-refractivity contribution < 1.29 is 4.74 Å². The Hall–Kier alpha value is -0.350. The Morgan fingerprint density at radius 1 is 1.38 bits per heavy atom.